The molecule has 0 aliphatic heterocycles. The minimum Gasteiger partial charge on any atom is -0.353 e. The van der Waals surface area contributed by atoms with Crippen LogP contribution in [0.25, 0.3) is 21.5 Å². The second-order valence-electron chi connectivity index (χ2n) is 4.54. The van der Waals surface area contributed by atoms with Crippen LogP contribution < -0.4 is 0 Å². The van der Waals surface area contributed by atoms with Gasteiger partial charge in [0.1, 0.15) is 0 Å². The van der Waals surface area contributed by atoms with E-state index in [1.54, 1.807) is 11.3 Å². The first-order valence-electron chi connectivity index (χ1n) is 5.94. The first-order valence-corrected chi connectivity index (χ1v) is 7.14. The first kappa shape index (κ1) is 12.5. The summed E-state index contributed by atoms with van der Waals surface area (Å²) in [5, 5.41) is 1.64. The third-order valence-corrected chi connectivity index (χ3v) is 4.74. The maximum absolute atomic E-state index is 11.4. The van der Waals surface area contributed by atoms with E-state index in [2.05, 4.69) is 18.0 Å². The molecule has 96 valence electrons. The SMILES string of the molecule is Cc1ccc(-c2[nH]c3c(C)c(Cl)ccc3c2C=O)s1. The minimum atomic E-state index is 0.705. The molecule has 1 N–H and O–H groups in total. The highest BCUT2D eigenvalue weighted by Gasteiger charge is 2.16. The largest absolute Gasteiger partial charge is 0.353 e. The molecule has 0 aliphatic rings. The predicted octanol–water partition coefficient (Wildman–Crippen LogP) is 4.98. The Hall–Kier alpha value is -1.58. The van der Waals surface area contributed by atoms with Gasteiger partial charge in [-0.25, -0.2) is 0 Å². The molecule has 2 nitrogen and oxygen atoms in total. The van der Waals surface area contributed by atoms with Crippen molar-refractivity contribution in [3.63, 3.8) is 0 Å². The monoisotopic (exact) mass is 289 g/mol. The van der Waals surface area contributed by atoms with Gasteiger partial charge in [-0.3, -0.25) is 4.79 Å². The van der Waals surface area contributed by atoms with Crippen molar-refractivity contribution in [1.29, 1.82) is 0 Å². The Morgan fingerprint density at radius 1 is 1.21 bits per heavy atom. The van der Waals surface area contributed by atoms with Crippen LogP contribution in [0.4, 0.5) is 0 Å². The number of carbonyl (C=O) groups excluding carboxylic acids is 1. The number of hydrogen-bond donors (Lipinski definition) is 1. The van der Waals surface area contributed by atoms with Gasteiger partial charge in [-0.2, -0.15) is 0 Å². The van der Waals surface area contributed by atoms with Crippen LogP contribution in [0, 0.1) is 13.8 Å². The number of rotatable bonds is 2. The quantitative estimate of drug-likeness (QED) is 0.663. The number of halogens is 1. The Kier molecular flexibility index (Phi) is 2.96. The summed E-state index contributed by atoms with van der Waals surface area (Å²) < 4.78 is 0. The van der Waals surface area contributed by atoms with Crippen molar-refractivity contribution in [2.45, 2.75) is 13.8 Å². The smallest absolute Gasteiger partial charge is 0.152 e. The van der Waals surface area contributed by atoms with Crippen molar-refractivity contribution in [1.82, 2.24) is 4.98 Å². The summed E-state index contributed by atoms with van der Waals surface area (Å²) in [5.41, 5.74) is 3.50. The second kappa shape index (κ2) is 4.51. The fraction of sp³-hybridized carbons (Fsp3) is 0.133. The van der Waals surface area contributed by atoms with E-state index in [9.17, 15) is 4.79 Å². The molecule has 4 heteroatoms. The van der Waals surface area contributed by atoms with Crippen LogP contribution in [-0.2, 0) is 0 Å². The minimum absolute atomic E-state index is 0.705. The summed E-state index contributed by atoms with van der Waals surface area (Å²) in [6.45, 7) is 4.01. The standard InChI is InChI=1S/C15H12ClNOS/c1-8-3-6-13(19-8)15-11(7-18)10-4-5-12(16)9(2)14(10)17-15/h3-7,17H,1-2H3. The molecule has 0 amide bonds. The lowest BCUT2D eigenvalue weighted by atomic mass is 10.1. The van der Waals surface area contributed by atoms with E-state index >= 15 is 0 Å². The third kappa shape index (κ3) is 1.90. The zero-order valence-electron chi connectivity index (χ0n) is 10.6. The van der Waals surface area contributed by atoms with E-state index in [0.29, 0.717) is 10.6 Å². The van der Waals surface area contributed by atoms with Crippen molar-refractivity contribution >= 4 is 40.1 Å². The number of carbonyl (C=O) groups is 1. The molecule has 0 radical (unpaired) electrons. The van der Waals surface area contributed by atoms with E-state index in [1.807, 2.05) is 25.1 Å². The zero-order valence-corrected chi connectivity index (χ0v) is 12.2. The highest BCUT2D eigenvalue weighted by atomic mass is 35.5. The lowest BCUT2D eigenvalue weighted by molar-refractivity contribution is 0.112. The fourth-order valence-electron chi connectivity index (χ4n) is 2.28. The molecule has 0 saturated carbocycles. The molecule has 19 heavy (non-hydrogen) atoms. The molecule has 0 aliphatic carbocycles. The van der Waals surface area contributed by atoms with E-state index in [4.69, 9.17) is 11.6 Å². The Bertz CT molecular complexity index is 785. The lowest BCUT2D eigenvalue weighted by Gasteiger charge is -1.98. The number of thiophene rings is 1. The van der Waals surface area contributed by atoms with Gasteiger partial charge in [0, 0.05) is 20.8 Å². The van der Waals surface area contributed by atoms with Crippen molar-refractivity contribution in [2.24, 2.45) is 0 Å². The Labute approximate surface area is 120 Å². The van der Waals surface area contributed by atoms with Gasteiger partial charge in [-0.05, 0) is 37.6 Å². The molecule has 0 bridgehead atoms. The molecule has 0 fully saturated rings. The summed E-state index contributed by atoms with van der Waals surface area (Å²) in [6.07, 6.45) is 0.913. The van der Waals surface area contributed by atoms with Gasteiger partial charge in [0.15, 0.2) is 6.29 Å². The fourth-order valence-corrected chi connectivity index (χ4v) is 3.32. The Morgan fingerprint density at radius 2 is 2.00 bits per heavy atom. The summed E-state index contributed by atoms with van der Waals surface area (Å²) in [4.78, 5) is 17.1. The summed E-state index contributed by atoms with van der Waals surface area (Å²) in [6, 6.07) is 7.83. The molecule has 2 heterocycles. The topological polar surface area (TPSA) is 32.9 Å². The molecule has 1 aromatic carbocycles. The number of aromatic amines is 1. The van der Waals surface area contributed by atoms with Gasteiger partial charge < -0.3 is 4.98 Å². The number of aromatic nitrogens is 1. The summed E-state index contributed by atoms with van der Waals surface area (Å²) >= 11 is 7.81. The van der Waals surface area contributed by atoms with Gasteiger partial charge in [0.25, 0.3) is 0 Å². The Morgan fingerprint density at radius 3 is 2.63 bits per heavy atom. The van der Waals surface area contributed by atoms with Crippen LogP contribution in [0.5, 0.6) is 0 Å². The van der Waals surface area contributed by atoms with Gasteiger partial charge in [0.2, 0.25) is 0 Å². The number of aryl methyl sites for hydroxylation is 2. The number of fused-ring (bicyclic) bond motifs is 1. The molecule has 0 saturated heterocycles. The highest BCUT2D eigenvalue weighted by molar-refractivity contribution is 7.15. The molecule has 3 aromatic rings. The number of benzene rings is 1. The van der Waals surface area contributed by atoms with Crippen LogP contribution in [0.2, 0.25) is 5.02 Å². The summed E-state index contributed by atoms with van der Waals surface area (Å²) in [5.74, 6) is 0. The number of nitrogens with one attached hydrogen (secondary N) is 1. The lowest BCUT2D eigenvalue weighted by Crippen LogP contribution is -1.81. The van der Waals surface area contributed by atoms with Gasteiger partial charge in [0.05, 0.1) is 16.1 Å². The van der Waals surface area contributed by atoms with Gasteiger partial charge in [-0.15, -0.1) is 11.3 Å². The summed E-state index contributed by atoms with van der Waals surface area (Å²) in [7, 11) is 0. The molecule has 0 unspecified atom stereocenters. The third-order valence-electron chi connectivity index (χ3n) is 3.31. The van der Waals surface area contributed by atoms with E-state index in [0.717, 1.165) is 33.3 Å². The van der Waals surface area contributed by atoms with E-state index in [1.165, 1.54) is 4.88 Å². The maximum atomic E-state index is 11.4. The second-order valence-corrected chi connectivity index (χ2v) is 6.23. The van der Waals surface area contributed by atoms with Crippen molar-refractivity contribution in [3.8, 4) is 10.6 Å². The average molecular weight is 290 g/mol. The first-order chi connectivity index (χ1) is 9.11. The molecule has 3 rings (SSSR count). The van der Waals surface area contributed by atoms with Crippen LogP contribution in [-0.4, -0.2) is 11.3 Å². The van der Waals surface area contributed by atoms with E-state index in [-0.39, 0.29) is 0 Å². The predicted molar refractivity (Wildman–Crippen MR) is 81.5 cm³/mol. The van der Waals surface area contributed by atoms with E-state index < -0.39 is 0 Å². The Balaban J connectivity index is 2.37. The van der Waals surface area contributed by atoms with Crippen molar-refractivity contribution in [2.75, 3.05) is 0 Å². The number of aldehydes is 1. The number of hydrogen-bond acceptors (Lipinski definition) is 2. The number of H-pyrrole nitrogens is 1. The normalized spacial score (nSPS) is 11.1. The molecule has 0 spiro atoms. The van der Waals surface area contributed by atoms with Gasteiger partial charge in [-0.1, -0.05) is 17.7 Å². The van der Waals surface area contributed by atoms with Crippen molar-refractivity contribution < 1.29 is 4.79 Å². The van der Waals surface area contributed by atoms with Crippen LogP contribution in [0.3, 0.4) is 0 Å². The van der Waals surface area contributed by atoms with Crippen LogP contribution >= 0.6 is 22.9 Å². The van der Waals surface area contributed by atoms with Crippen molar-refractivity contribution in [3.05, 3.63) is 45.3 Å². The van der Waals surface area contributed by atoms with Crippen LogP contribution in [0.15, 0.2) is 24.3 Å². The van der Waals surface area contributed by atoms with Gasteiger partial charge >= 0.3 is 0 Å². The zero-order chi connectivity index (χ0) is 13.6. The average Bonchev–Trinajstić information content (AvgIpc) is 2.97. The van der Waals surface area contributed by atoms with Crippen LogP contribution in [0.1, 0.15) is 20.8 Å². The molecular weight excluding hydrogens is 278 g/mol. The molecule has 0 atom stereocenters. The molecular formula is C15H12ClNOS. The maximum Gasteiger partial charge on any atom is 0.152 e. The molecule has 2 aromatic heterocycles. The highest BCUT2D eigenvalue weighted by Crippen LogP contribution is 2.35.